The molecule has 0 saturated carbocycles. The summed E-state index contributed by atoms with van der Waals surface area (Å²) in [7, 11) is -2.22. The number of carbonyl (C=O) groups excluding carboxylic acids is 1. The molecular formula is C20H17I2NO2SSi. The molecule has 0 bridgehead atoms. The molecule has 2 heterocycles. The first-order valence-corrected chi connectivity index (χ1v) is 14.1. The molecule has 0 radical (unpaired) electrons. The lowest BCUT2D eigenvalue weighted by Crippen LogP contribution is -2.54. The van der Waals surface area contributed by atoms with Crippen molar-refractivity contribution in [3.63, 3.8) is 0 Å². The molecule has 0 unspecified atom stereocenters. The normalized spacial score (nSPS) is 17.6. The number of aromatic hydroxyl groups is 1. The van der Waals surface area contributed by atoms with Crippen LogP contribution in [0.1, 0.15) is 18.7 Å². The Morgan fingerprint density at radius 1 is 1.15 bits per heavy atom. The first kappa shape index (κ1) is 19.5. The van der Waals surface area contributed by atoms with Gasteiger partial charge in [-0.25, -0.2) is 4.99 Å². The van der Waals surface area contributed by atoms with Gasteiger partial charge in [0.25, 0.3) is 0 Å². The average molecular weight is 617 g/mol. The van der Waals surface area contributed by atoms with Crippen molar-refractivity contribution in [2.24, 2.45) is 4.99 Å². The molecule has 0 saturated heterocycles. The first-order chi connectivity index (χ1) is 12.9. The van der Waals surface area contributed by atoms with E-state index in [4.69, 9.17) is 4.99 Å². The van der Waals surface area contributed by atoms with Crippen LogP contribution in [-0.2, 0) is 4.79 Å². The largest absolute Gasteiger partial charge is 0.508 e. The second kappa shape index (κ2) is 7.23. The van der Waals surface area contributed by atoms with Gasteiger partial charge in [0.1, 0.15) is 13.8 Å². The fraction of sp³-hybridized carbons (Fsp3) is 0.200. The highest BCUT2D eigenvalue weighted by atomic mass is 127. The Balaban J connectivity index is 2.11. The number of halogens is 2. The van der Waals surface area contributed by atoms with Crippen LogP contribution in [0, 0.1) is 6.45 Å². The van der Waals surface area contributed by atoms with E-state index < -0.39 is 8.07 Å². The Labute approximate surface area is 190 Å². The van der Waals surface area contributed by atoms with Crippen molar-refractivity contribution in [1.29, 1.82) is 0 Å². The third-order valence-electron chi connectivity index (χ3n) is 5.46. The molecule has 3 nitrogen and oxygen atoms in total. The number of carbonyl (C=O) groups is 1. The van der Waals surface area contributed by atoms with Crippen molar-refractivity contribution in [2.75, 3.05) is 0 Å². The van der Waals surface area contributed by atoms with Crippen molar-refractivity contribution < 1.29 is 9.90 Å². The van der Waals surface area contributed by atoms with Gasteiger partial charge >= 0.3 is 0 Å². The number of hydrogen-bond donors (Lipinski definition) is 1. The zero-order valence-electron chi connectivity index (χ0n) is 14.8. The molecule has 138 valence electrons. The van der Waals surface area contributed by atoms with Gasteiger partial charge in [-0.2, -0.15) is 0 Å². The van der Waals surface area contributed by atoms with Gasteiger partial charge in [-0.3, -0.25) is 4.79 Å². The summed E-state index contributed by atoms with van der Waals surface area (Å²) in [5.74, 6) is 0.339. The van der Waals surface area contributed by atoms with E-state index in [2.05, 4.69) is 65.1 Å². The highest BCUT2D eigenvalue weighted by molar-refractivity contribution is 14.1. The van der Waals surface area contributed by atoms with Gasteiger partial charge in [-0.05, 0) is 92.0 Å². The summed E-state index contributed by atoms with van der Waals surface area (Å²) in [5.41, 5.74) is 2.69. The minimum absolute atomic E-state index is 0.0698. The molecule has 1 aromatic heterocycles. The summed E-state index contributed by atoms with van der Waals surface area (Å²) < 4.78 is 2.38. The summed E-state index contributed by atoms with van der Waals surface area (Å²) in [5, 5.41) is 12.5. The number of phenols is 1. The highest BCUT2D eigenvalue weighted by Crippen LogP contribution is 2.43. The monoisotopic (exact) mass is 617 g/mol. The van der Waals surface area contributed by atoms with E-state index in [0.717, 1.165) is 44.3 Å². The summed E-state index contributed by atoms with van der Waals surface area (Å²) in [6.45, 7) is 4.42. The van der Waals surface area contributed by atoms with Gasteiger partial charge < -0.3 is 5.11 Å². The predicted octanol–water partition coefficient (Wildman–Crippen LogP) is 5.58. The van der Waals surface area contributed by atoms with Crippen molar-refractivity contribution in [2.45, 2.75) is 25.9 Å². The topological polar surface area (TPSA) is 49.7 Å². The third kappa shape index (κ3) is 3.01. The maximum Gasteiger partial charge on any atom is 0.187 e. The van der Waals surface area contributed by atoms with Crippen molar-refractivity contribution in [3.05, 3.63) is 52.9 Å². The zero-order valence-corrected chi connectivity index (χ0v) is 21.0. The smallest absolute Gasteiger partial charge is 0.187 e. The number of rotatable bonds is 3. The van der Waals surface area contributed by atoms with Gasteiger partial charge in [0, 0.05) is 14.0 Å². The fourth-order valence-corrected chi connectivity index (χ4v) is 11.4. The molecule has 2 aliphatic rings. The lowest BCUT2D eigenvalue weighted by Gasteiger charge is -2.39. The van der Waals surface area contributed by atoms with Gasteiger partial charge in [-0.1, -0.05) is 25.9 Å². The molecule has 27 heavy (non-hydrogen) atoms. The number of aliphatic imine (C=N–C) groups is 1. The van der Waals surface area contributed by atoms with Crippen LogP contribution >= 0.6 is 56.5 Å². The van der Waals surface area contributed by atoms with E-state index in [1.165, 1.54) is 6.45 Å². The molecular weight excluding hydrogens is 600 g/mol. The molecule has 1 aliphatic heterocycles. The maximum atomic E-state index is 13.0. The number of fused-ring (bicyclic) bond motifs is 2. The molecule has 1 aliphatic carbocycles. The third-order valence-corrected chi connectivity index (χ3v) is 15.2. The molecule has 7 heteroatoms. The van der Waals surface area contributed by atoms with Crippen LogP contribution in [0.15, 0.2) is 46.6 Å². The number of hydrogen-bond acceptors (Lipinski definition) is 4. The van der Waals surface area contributed by atoms with Gasteiger partial charge in [0.15, 0.2) is 5.78 Å². The van der Waals surface area contributed by atoms with Crippen LogP contribution < -0.4 is 5.19 Å². The average Bonchev–Trinajstić information content (AvgIpc) is 2.99. The van der Waals surface area contributed by atoms with Crippen LogP contribution in [0.4, 0.5) is 5.69 Å². The Bertz CT molecular complexity index is 1040. The van der Waals surface area contributed by atoms with E-state index in [1.54, 1.807) is 23.5 Å². The minimum Gasteiger partial charge on any atom is -0.508 e. The van der Waals surface area contributed by atoms with Crippen molar-refractivity contribution in [3.8, 4) is 5.75 Å². The van der Waals surface area contributed by atoms with Gasteiger partial charge in [0.05, 0.1) is 14.3 Å². The van der Waals surface area contributed by atoms with Crippen molar-refractivity contribution in [1.82, 2.24) is 0 Å². The summed E-state index contributed by atoms with van der Waals surface area (Å²) in [6, 6.07) is 9.54. The molecule has 4 rings (SSSR count). The number of nitrogens with zero attached hydrogens (tertiary/aromatic N) is 1. The van der Waals surface area contributed by atoms with E-state index in [1.807, 2.05) is 18.2 Å². The highest BCUT2D eigenvalue weighted by Gasteiger charge is 2.46. The van der Waals surface area contributed by atoms with Crippen LogP contribution in [0.5, 0.6) is 5.75 Å². The first-order valence-electron chi connectivity index (χ1n) is 8.76. The standard InChI is InChI=1S/C20H17I2NO2SSi/c1-3-27(4-2)17-9-11(24)5-6-13(17)23-14-7-8-15(25)18(19(14)27)16-10-12(21)20(22)26-16/h5-10,24H,3-4H2,1-2H3. The lowest BCUT2D eigenvalue weighted by molar-refractivity contribution is -0.109. The minimum atomic E-state index is -2.22. The molecule has 1 aromatic carbocycles. The molecule has 0 fully saturated rings. The quantitative estimate of drug-likeness (QED) is 0.278. The molecule has 0 atom stereocenters. The lowest BCUT2D eigenvalue weighted by atomic mass is 10.0. The molecule has 0 amide bonds. The molecule has 0 spiro atoms. The van der Waals surface area contributed by atoms with Gasteiger partial charge in [0.2, 0.25) is 0 Å². The number of thiophene rings is 1. The van der Waals surface area contributed by atoms with E-state index in [0.29, 0.717) is 0 Å². The zero-order chi connectivity index (χ0) is 19.3. The van der Waals surface area contributed by atoms with Crippen LogP contribution in [-0.4, -0.2) is 24.7 Å². The summed E-state index contributed by atoms with van der Waals surface area (Å²) >= 11 is 6.33. The molecule has 1 N–H and O–H groups in total. The number of benzene rings is 1. The number of phenolic OH excluding ortho intramolecular Hbond substituents is 1. The second-order valence-corrected chi connectivity index (χ2v) is 15.3. The Kier molecular flexibility index (Phi) is 5.23. The van der Waals surface area contributed by atoms with Gasteiger partial charge in [-0.15, -0.1) is 11.3 Å². The Morgan fingerprint density at radius 3 is 2.52 bits per heavy atom. The van der Waals surface area contributed by atoms with E-state index in [-0.39, 0.29) is 11.5 Å². The molecule has 2 aromatic rings. The number of allylic oxidation sites excluding steroid dienone is 4. The number of ketones is 1. The summed E-state index contributed by atoms with van der Waals surface area (Å²) in [6.07, 6.45) is 3.54. The Hall–Kier alpha value is -0.783. The SMILES string of the molecule is CC[Si]1(CC)C2=C(c3cc(I)c(I)s3)C(=O)C=CC2=Nc2ccc(O)cc21. The Morgan fingerprint density at radius 2 is 1.89 bits per heavy atom. The predicted molar refractivity (Wildman–Crippen MR) is 132 cm³/mol. The van der Waals surface area contributed by atoms with E-state index >= 15 is 0 Å². The van der Waals surface area contributed by atoms with Crippen LogP contribution in [0.25, 0.3) is 5.57 Å². The van der Waals surface area contributed by atoms with Crippen LogP contribution in [0.3, 0.4) is 0 Å². The van der Waals surface area contributed by atoms with Crippen LogP contribution in [0.2, 0.25) is 12.1 Å². The fourth-order valence-electron chi connectivity index (χ4n) is 4.12. The maximum absolute atomic E-state index is 13.0. The second-order valence-electron chi connectivity index (χ2n) is 6.67. The van der Waals surface area contributed by atoms with E-state index in [9.17, 15) is 9.90 Å². The summed E-state index contributed by atoms with van der Waals surface area (Å²) in [4.78, 5) is 19.0. The van der Waals surface area contributed by atoms with Crippen molar-refractivity contribution >= 4 is 92.5 Å².